The van der Waals surface area contributed by atoms with Crippen LogP contribution in [0.1, 0.15) is 19.8 Å². The minimum absolute atomic E-state index is 0.308. The summed E-state index contributed by atoms with van der Waals surface area (Å²) in [4.78, 5) is 4.80. The van der Waals surface area contributed by atoms with Gasteiger partial charge in [-0.3, -0.25) is 4.90 Å². The number of hydrogen-bond donors (Lipinski definition) is 1. The molecule has 2 N–H and O–H groups in total. The SMILES string of the molecule is CC(N)CN1CCCC1CN(C)C. The van der Waals surface area contributed by atoms with E-state index in [1.165, 1.54) is 25.9 Å². The summed E-state index contributed by atoms with van der Waals surface area (Å²) < 4.78 is 0. The quantitative estimate of drug-likeness (QED) is 0.686. The second kappa shape index (κ2) is 4.94. The van der Waals surface area contributed by atoms with Crippen LogP contribution in [0.15, 0.2) is 0 Å². The Labute approximate surface area is 81.9 Å². The standard InChI is InChI=1S/C10H23N3/c1-9(11)7-13-6-4-5-10(13)8-12(2)3/h9-10H,4-8,11H2,1-3H3. The molecule has 3 nitrogen and oxygen atoms in total. The molecular formula is C10H23N3. The molecule has 13 heavy (non-hydrogen) atoms. The fraction of sp³-hybridized carbons (Fsp3) is 1.00. The fourth-order valence-electron chi connectivity index (χ4n) is 2.13. The molecule has 0 saturated carbocycles. The Balaban J connectivity index is 2.35. The molecule has 0 bridgehead atoms. The molecule has 78 valence electrons. The minimum Gasteiger partial charge on any atom is -0.327 e. The summed E-state index contributed by atoms with van der Waals surface area (Å²) >= 11 is 0. The van der Waals surface area contributed by atoms with Crippen LogP contribution in [0.25, 0.3) is 0 Å². The second-order valence-electron chi connectivity index (χ2n) is 4.53. The lowest BCUT2D eigenvalue weighted by Crippen LogP contribution is -2.42. The van der Waals surface area contributed by atoms with Crippen LogP contribution in [0.3, 0.4) is 0 Å². The number of hydrogen-bond acceptors (Lipinski definition) is 3. The first-order valence-electron chi connectivity index (χ1n) is 5.24. The van der Waals surface area contributed by atoms with Crippen LogP contribution in [-0.4, -0.2) is 55.6 Å². The summed E-state index contributed by atoms with van der Waals surface area (Å²) in [6.07, 6.45) is 2.68. The van der Waals surface area contributed by atoms with Gasteiger partial charge in [0.25, 0.3) is 0 Å². The van der Waals surface area contributed by atoms with E-state index in [9.17, 15) is 0 Å². The van der Waals surface area contributed by atoms with Gasteiger partial charge in [-0.2, -0.15) is 0 Å². The third kappa shape index (κ3) is 3.63. The summed E-state index contributed by atoms with van der Waals surface area (Å²) in [5, 5.41) is 0. The van der Waals surface area contributed by atoms with Crippen molar-refractivity contribution in [2.75, 3.05) is 33.7 Å². The molecular weight excluding hydrogens is 162 g/mol. The molecule has 2 atom stereocenters. The Bertz CT molecular complexity index is 129. The third-order valence-corrected chi connectivity index (χ3v) is 2.60. The van der Waals surface area contributed by atoms with E-state index >= 15 is 0 Å². The van der Waals surface area contributed by atoms with Crippen molar-refractivity contribution < 1.29 is 0 Å². The fourth-order valence-corrected chi connectivity index (χ4v) is 2.13. The van der Waals surface area contributed by atoms with E-state index in [-0.39, 0.29) is 0 Å². The highest BCUT2D eigenvalue weighted by molar-refractivity contribution is 4.82. The van der Waals surface area contributed by atoms with E-state index in [1.54, 1.807) is 0 Å². The predicted octanol–water partition coefficient (Wildman–Crippen LogP) is 0.360. The van der Waals surface area contributed by atoms with E-state index in [0.29, 0.717) is 6.04 Å². The van der Waals surface area contributed by atoms with Crippen molar-refractivity contribution in [1.82, 2.24) is 9.80 Å². The molecule has 0 aromatic heterocycles. The van der Waals surface area contributed by atoms with Gasteiger partial charge in [0, 0.05) is 25.2 Å². The first-order chi connectivity index (χ1) is 6.09. The summed E-state index contributed by atoms with van der Waals surface area (Å²) in [6, 6.07) is 1.05. The molecule has 3 heteroatoms. The normalized spacial score (nSPS) is 27.0. The van der Waals surface area contributed by atoms with Crippen LogP contribution in [0.4, 0.5) is 0 Å². The zero-order valence-corrected chi connectivity index (χ0v) is 9.16. The van der Waals surface area contributed by atoms with Gasteiger partial charge in [0.05, 0.1) is 0 Å². The molecule has 0 amide bonds. The van der Waals surface area contributed by atoms with Crippen molar-refractivity contribution in [1.29, 1.82) is 0 Å². The molecule has 0 radical (unpaired) electrons. The number of likely N-dealkylation sites (N-methyl/N-ethyl adjacent to an activating group) is 1. The molecule has 1 heterocycles. The largest absolute Gasteiger partial charge is 0.327 e. The highest BCUT2D eigenvalue weighted by Gasteiger charge is 2.24. The molecule has 1 fully saturated rings. The molecule has 0 aliphatic carbocycles. The lowest BCUT2D eigenvalue weighted by Gasteiger charge is -2.28. The van der Waals surface area contributed by atoms with Crippen LogP contribution in [0.5, 0.6) is 0 Å². The molecule has 1 rings (SSSR count). The lowest BCUT2D eigenvalue weighted by molar-refractivity contribution is 0.200. The van der Waals surface area contributed by atoms with Crippen LogP contribution in [0, 0.1) is 0 Å². The lowest BCUT2D eigenvalue weighted by atomic mass is 10.2. The number of rotatable bonds is 4. The summed E-state index contributed by atoms with van der Waals surface area (Å²) in [6.45, 7) is 5.55. The van der Waals surface area contributed by atoms with Gasteiger partial charge in [0.2, 0.25) is 0 Å². The number of nitrogens with zero attached hydrogens (tertiary/aromatic N) is 2. The van der Waals surface area contributed by atoms with Crippen molar-refractivity contribution >= 4 is 0 Å². The van der Waals surface area contributed by atoms with Gasteiger partial charge < -0.3 is 10.6 Å². The Hall–Kier alpha value is -0.120. The van der Waals surface area contributed by atoms with Crippen molar-refractivity contribution in [3.8, 4) is 0 Å². The van der Waals surface area contributed by atoms with Crippen LogP contribution < -0.4 is 5.73 Å². The molecule has 0 aromatic carbocycles. The first kappa shape index (κ1) is 11.0. The Morgan fingerprint density at radius 2 is 2.23 bits per heavy atom. The van der Waals surface area contributed by atoms with Crippen molar-refractivity contribution in [3.05, 3.63) is 0 Å². The van der Waals surface area contributed by atoms with E-state index in [1.807, 2.05) is 0 Å². The van der Waals surface area contributed by atoms with Gasteiger partial charge in [0.1, 0.15) is 0 Å². The Morgan fingerprint density at radius 1 is 1.54 bits per heavy atom. The van der Waals surface area contributed by atoms with Crippen molar-refractivity contribution in [2.45, 2.75) is 31.8 Å². The Kier molecular flexibility index (Phi) is 4.16. The maximum absolute atomic E-state index is 5.81. The molecule has 1 aliphatic heterocycles. The van der Waals surface area contributed by atoms with E-state index < -0.39 is 0 Å². The molecule has 0 aromatic rings. The molecule has 1 saturated heterocycles. The summed E-state index contributed by atoms with van der Waals surface area (Å²) in [7, 11) is 4.28. The average molecular weight is 185 g/mol. The zero-order valence-electron chi connectivity index (χ0n) is 9.16. The third-order valence-electron chi connectivity index (χ3n) is 2.60. The van der Waals surface area contributed by atoms with Crippen molar-refractivity contribution in [3.63, 3.8) is 0 Å². The van der Waals surface area contributed by atoms with E-state index in [0.717, 1.165) is 12.6 Å². The van der Waals surface area contributed by atoms with Gasteiger partial charge in [-0.15, -0.1) is 0 Å². The van der Waals surface area contributed by atoms with Crippen LogP contribution in [0.2, 0.25) is 0 Å². The zero-order chi connectivity index (χ0) is 9.84. The molecule has 2 unspecified atom stereocenters. The topological polar surface area (TPSA) is 32.5 Å². The monoisotopic (exact) mass is 185 g/mol. The highest BCUT2D eigenvalue weighted by atomic mass is 15.2. The van der Waals surface area contributed by atoms with Gasteiger partial charge in [-0.25, -0.2) is 0 Å². The summed E-state index contributed by atoms with van der Waals surface area (Å²) in [5.41, 5.74) is 5.81. The first-order valence-corrected chi connectivity index (χ1v) is 5.24. The predicted molar refractivity (Wildman–Crippen MR) is 56.8 cm³/mol. The van der Waals surface area contributed by atoms with Gasteiger partial charge in [-0.1, -0.05) is 0 Å². The Morgan fingerprint density at radius 3 is 2.77 bits per heavy atom. The second-order valence-corrected chi connectivity index (χ2v) is 4.53. The van der Waals surface area contributed by atoms with Crippen LogP contribution >= 0.6 is 0 Å². The van der Waals surface area contributed by atoms with Gasteiger partial charge in [0.15, 0.2) is 0 Å². The van der Waals surface area contributed by atoms with E-state index in [2.05, 4.69) is 30.8 Å². The molecule has 1 aliphatic rings. The number of nitrogens with two attached hydrogens (primary N) is 1. The molecule has 0 spiro atoms. The highest BCUT2D eigenvalue weighted by Crippen LogP contribution is 2.17. The van der Waals surface area contributed by atoms with Gasteiger partial charge in [-0.05, 0) is 40.4 Å². The summed E-state index contributed by atoms with van der Waals surface area (Å²) in [5.74, 6) is 0. The average Bonchev–Trinajstić information content (AvgIpc) is 2.34. The maximum atomic E-state index is 5.81. The van der Waals surface area contributed by atoms with Crippen molar-refractivity contribution in [2.24, 2.45) is 5.73 Å². The minimum atomic E-state index is 0.308. The van der Waals surface area contributed by atoms with Gasteiger partial charge >= 0.3 is 0 Å². The maximum Gasteiger partial charge on any atom is 0.0224 e. The van der Waals surface area contributed by atoms with E-state index in [4.69, 9.17) is 5.73 Å². The smallest absolute Gasteiger partial charge is 0.0224 e. The van der Waals surface area contributed by atoms with Crippen LogP contribution in [-0.2, 0) is 0 Å². The number of likely N-dealkylation sites (tertiary alicyclic amines) is 1.